The summed E-state index contributed by atoms with van der Waals surface area (Å²) in [5.74, 6) is 1.73. The second-order valence-corrected chi connectivity index (χ2v) is 4.84. The van der Waals surface area contributed by atoms with Crippen LogP contribution in [0.25, 0.3) is 0 Å². The highest BCUT2D eigenvalue weighted by molar-refractivity contribution is 5.47. The highest BCUT2D eigenvalue weighted by Gasteiger charge is 2.09. The van der Waals surface area contributed by atoms with Crippen molar-refractivity contribution in [3.8, 4) is 0 Å². The lowest BCUT2D eigenvalue weighted by Gasteiger charge is -2.23. The van der Waals surface area contributed by atoms with Crippen LogP contribution in [0, 0.1) is 5.92 Å². The standard InChI is InChI=1S/C15H25N3/c1-5-10-18(6-2)15-14(8-7-9-17-15)12-16-11-13(3)4/h5,7-9,13,16H,1,6,10-12H2,2-4H3. The van der Waals surface area contributed by atoms with Gasteiger partial charge in [-0.15, -0.1) is 6.58 Å². The van der Waals surface area contributed by atoms with Crippen LogP contribution >= 0.6 is 0 Å². The SMILES string of the molecule is C=CCN(CC)c1ncccc1CNCC(C)C. The van der Waals surface area contributed by atoms with E-state index in [-0.39, 0.29) is 0 Å². The molecule has 0 amide bonds. The number of aromatic nitrogens is 1. The molecule has 3 heteroatoms. The van der Waals surface area contributed by atoms with E-state index in [1.54, 1.807) is 0 Å². The fraction of sp³-hybridized carbons (Fsp3) is 0.533. The van der Waals surface area contributed by atoms with Gasteiger partial charge in [0.15, 0.2) is 0 Å². The molecule has 1 aromatic heterocycles. The van der Waals surface area contributed by atoms with E-state index in [9.17, 15) is 0 Å². The average molecular weight is 247 g/mol. The topological polar surface area (TPSA) is 28.2 Å². The summed E-state index contributed by atoms with van der Waals surface area (Å²) in [7, 11) is 0. The number of hydrogen-bond donors (Lipinski definition) is 1. The van der Waals surface area contributed by atoms with Gasteiger partial charge in [-0.05, 0) is 25.5 Å². The third kappa shape index (κ3) is 4.49. The lowest BCUT2D eigenvalue weighted by molar-refractivity contribution is 0.551. The summed E-state index contributed by atoms with van der Waals surface area (Å²) in [4.78, 5) is 6.74. The predicted octanol–water partition coefficient (Wildman–Crippen LogP) is 2.84. The van der Waals surface area contributed by atoms with Gasteiger partial charge in [-0.2, -0.15) is 0 Å². The van der Waals surface area contributed by atoms with E-state index in [4.69, 9.17) is 0 Å². The van der Waals surface area contributed by atoms with Crippen LogP contribution in [0.3, 0.4) is 0 Å². The minimum absolute atomic E-state index is 0.667. The van der Waals surface area contributed by atoms with Crippen molar-refractivity contribution in [2.75, 3.05) is 24.5 Å². The second-order valence-electron chi connectivity index (χ2n) is 4.84. The van der Waals surface area contributed by atoms with Crippen LogP contribution in [0.15, 0.2) is 31.0 Å². The number of hydrogen-bond acceptors (Lipinski definition) is 3. The van der Waals surface area contributed by atoms with Gasteiger partial charge in [0.1, 0.15) is 5.82 Å². The highest BCUT2D eigenvalue weighted by Crippen LogP contribution is 2.16. The summed E-state index contributed by atoms with van der Waals surface area (Å²) < 4.78 is 0. The minimum Gasteiger partial charge on any atom is -0.353 e. The van der Waals surface area contributed by atoms with Gasteiger partial charge in [0.25, 0.3) is 0 Å². The van der Waals surface area contributed by atoms with Crippen molar-refractivity contribution in [2.24, 2.45) is 5.92 Å². The number of pyridine rings is 1. The first-order valence-electron chi connectivity index (χ1n) is 6.69. The van der Waals surface area contributed by atoms with Gasteiger partial charge < -0.3 is 10.2 Å². The number of anilines is 1. The molecule has 3 nitrogen and oxygen atoms in total. The molecule has 0 aliphatic rings. The molecule has 1 heterocycles. The molecule has 0 spiro atoms. The Labute approximate surface area is 111 Å². The first kappa shape index (κ1) is 14.7. The molecule has 100 valence electrons. The van der Waals surface area contributed by atoms with Crippen molar-refractivity contribution in [3.63, 3.8) is 0 Å². The third-order valence-electron chi connectivity index (χ3n) is 2.77. The normalized spacial score (nSPS) is 10.7. The average Bonchev–Trinajstić information content (AvgIpc) is 2.36. The van der Waals surface area contributed by atoms with Gasteiger partial charge in [-0.1, -0.05) is 26.0 Å². The monoisotopic (exact) mass is 247 g/mol. The molecule has 18 heavy (non-hydrogen) atoms. The molecule has 0 radical (unpaired) electrons. The van der Waals surface area contributed by atoms with Crippen LogP contribution in [-0.4, -0.2) is 24.6 Å². The van der Waals surface area contributed by atoms with E-state index < -0.39 is 0 Å². The van der Waals surface area contributed by atoms with Crippen LogP contribution in [0.4, 0.5) is 5.82 Å². The van der Waals surface area contributed by atoms with Crippen LogP contribution in [0.5, 0.6) is 0 Å². The van der Waals surface area contributed by atoms with Gasteiger partial charge in [0.05, 0.1) is 0 Å². The summed E-state index contributed by atoms with van der Waals surface area (Å²) in [6.07, 6.45) is 3.77. The van der Waals surface area contributed by atoms with Crippen molar-refractivity contribution in [2.45, 2.75) is 27.3 Å². The molecular formula is C15H25N3. The van der Waals surface area contributed by atoms with Crippen molar-refractivity contribution >= 4 is 5.82 Å². The summed E-state index contributed by atoms with van der Waals surface area (Å²) in [5.41, 5.74) is 1.25. The molecule has 0 aliphatic heterocycles. The van der Waals surface area contributed by atoms with E-state index in [1.807, 2.05) is 18.3 Å². The molecule has 0 aliphatic carbocycles. The number of likely N-dealkylation sites (N-methyl/N-ethyl adjacent to an activating group) is 1. The van der Waals surface area contributed by atoms with Crippen molar-refractivity contribution in [1.29, 1.82) is 0 Å². The molecule has 0 saturated heterocycles. The molecule has 0 atom stereocenters. The Bertz CT molecular complexity index is 361. The molecule has 1 aromatic rings. The molecule has 0 bridgehead atoms. The Hall–Kier alpha value is -1.35. The predicted molar refractivity (Wildman–Crippen MR) is 78.9 cm³/mol. The van der Waals surface area contributed by atoms with E-state index in [1.165, 1.54) is 5.56 Å². The number of nitrogens with one attached hydrogen (secondary N) is 1. The summed E-state index contributed by atoms with van der Waals surface area (Å²) in [5, 5.41) is 3.47. The Morgan fingerprint density at radius 3 is 2.89 bits per heavy atom. The van der Waals surface area contributed by atoms with E-state index in [0.717, 1.165) is 32.0 Å². The minimum atomic E-state index is 0.667. The molecule has 0 aromatic carbocycles. The van der Waals surface area contributed by atoms with Crippen molar-refractivity contribution < 1.29 is 0 Å². The van der Waals surface area contributed by atoms with Crippen LogP contribution in [-0.2, 0) is 6.54 Å². The summed E-state index contributed by atoms with van der Waals surface area (Å²) in [6, 6.07) is 4.14. The molecule has 0 unspecified atom stereocenters. The third-order valence-corrected chi connectivity index (χ3v) is 2.77. The maximum Gasteiger partial charge on any atom is 0.133 e. The van der Waals surface area contributed by atoms with Crippen LogP contribution in [0.1, 0.15) is 26.3 Å². The number of rotatable bonds is 8. The molecule has 0 saturated carbocycles. The quantitative estimate of drug-likeness (QED) is 0.716. The Balaban J connectivity index is 2.74. The first-order chi connectivity index (χ1) is 8.69. The molecular weight excluding hydrogens is 222 g/mol. The van der Waals surface area contributed by atoms with Gasteiger partial charge in [-0.25, -0.2) is 4.98 Å². The number of nitrogens with zero attached hydrogens (tertiary/aromatic N) is 2. The van der Waals surface area contributed by atoms with Crippen LogP contribution in [0.2, 0.25) is 0 Å². The van der Waals surface area contributed by atoms with Crippen molar-refractivity contribution in [1.82, 2.24) is 10.3 Å². The molecule has 0 fully saturated rings. The van der Waals surface area contributed by atoms with E-state index in [0.29, 0.717) is 5.92 Å². The van der Waals surface area contributed by atoms with Gasteiger partial charge in [0, 0.05) is 31.4 Å². The van der Waals surface area contributed by atoms with E-state index in [2.05, 4.69) is 48.6 Å². The largest absolute Gasteiger partial charge is 0.353 e. The van der Waals surface area contributed by atoms with Crippen LogP contribution < -0.4 is 10.2 Å². The summed E-state index contributed by atoms with van der Waals surface area (Å²) in [6.45, 7) is 14.1. The lowest BCUT2D eigenvalue weighted by Crippen LogP contribution is -2.27. The summed E-state index contributed by atoms with van der Waals surface area (Å²) >= 11 is 0. The molecule has 1 N–H and O–H groups in total. The lowest BCUT2D eigenvalue weighted by atomic mass is 10.2. The zero-order chi connectivity index (χ0) is 13.4. The Kier molecular flexibility index (Phi) is 6.44. The molecule has 1 rings (SSSR count). The second kappa shape index (κ2) is 7.88. The first-order valence-corrected chi connectivity index (χ1v) is 6.69. The Morgan fingerprint density at radius 1 is 1.50 bits per heavy atom. The zero-order valence-electron chi connectivity index (χ0n) is 11.8. The van der Waals surface area contributed by atoms with Gasteiger partial charge in [0.2, 0.25) is 0 Å². The van der Waals surface area contributed by atoms with Gasteiger partial charge >= 0.3 is 0 Å². The zero-order valence-corrected chi connectivity index (χ0v) is 11.8. The maximum absolute atomic E-state index is 4.50. The van der Waals surface area contributed by atoms with E-state index >= 15 is 0 Å². The smallest absolute Gasteiger partial charge is 0.133 e. The fourth-order valence-electron chi connectivity index (χ4n) is 1.87. The maximum atomic E-state index is 4.50. The van der Waals surface area contributed by atoms with Gasteiger partial charge in [-0.3, -0.25) is 0 Å². The fourth-order valence-corrected chi connectivity index (χ4v) is 1.87. The Morgan fingerprint density at radius 2 is 2.28 bits per heavy atom. The highest BCUT2D eigenvalue weighted by atomic mass is 15.2. The van der Waals surface area contributed by atoms with Crippen molar-refractivity contribution in [3.05, 3.63) is 36.5 Å².